The fraction of sp³-hybridized carbons (Fsp3) is 0.900. The van der Waals surface area contributed by atoms with Gasteiger partial charge < -0.3 is 10.0 Å². The number of piperidine rings is 1. The summed E-state index contributed by atoms with van der Waals surface area (Å²) in [5, 5.41) is 9.34. The molecule has 1 unspecified atom stereocenters. The number of rotatable bonds is 4. The van der Waals surface area contributed by atoms with Crippen molar-refractivity contribution >= 4 is 5.91 Å². The van der Waals surface area contributed by atoms with E-state index in [2.05, 4.69) is 0 Å². The first-order valence-corrected chi connectivity index (χ1v) is 5.20. The van der Waals surface area contributed by atoms with E-state index in [1.807, 2.05) is 11.8 Å². The van der Waals surface area contributed by atoms with Gasteiger partial charge in [-0.2, -0.15) is 0 Å². The van der Waals surface area contributed by atoms with E-state index in [-0.39, 0.29) is 12.0 Å². The van der Waals surface area contributed by atoms with Crippen LogP contribution in [-0.4, -0.2) is 35.1 Å². The molecule has 1 aliphatic heterocycles. The van der Waals surface area contributed by atoms with Gasteiger partial charge in [0.05, 0.1) is 6.10 Å². The molecule has 1 heterocycles. The quantitative estimate of drug-likeness (QED) is 0.714. The van der Waals surface area contributed by atoms with Gasteiger partial charge in [0.2, 0.25) is 5.91 Å². The predicted molar refractivity (Wildman–Crippen MR) is 51.3 cm³/mol. The second kappa shape index (κ2) is 5.22. The number of carbonyl (C=O) groups is 1. The van der Waals surface area contributed by atoms with Crippen LogP contribution in [0.2, 0.25) is 0 Å². The number of hydrogen-bond acceptors (Lipinski definition) is 2. The molecule has 0 radical (unpaired) electrons. The predicted octanol–water partition coefficient (Wildman–Crippen LogP) is 1.16. The van der Waals surface area contributed by atoms with Crippen molar-refractivity contribution in [3.8, 4) is 0 Å². The Kier molecular flexibility index (Phi) is 4.22. The molecule has 3 nitrogen and oxygen atoms in total. The molecular formula is C10H19NO2. The zero-order valence-corrected chi connectivity index (χ0v) is 8.33. The van der Waals surface area contributed by atoms with Crippen molar-refractivity contribution in [3.63, 3.8) is 0 Å². The van der Waals surface area contributed by atoms with Crippen molar-refractivity contribution in [2.75, 3.05) is 13.1 Å². The van der Waals surface area contributed by atoms with Gasteiger partial charge >= 0.3 is 0 Å². The van der Waals surface area contributed by atoms with Crippen LogP contribution in [0.15, 0.2) is 0 Å². The van der Waals surface area contributed by atoms with Gasteiger partial charge in [-0.05, 0) is 25.7 Å². The lowest BCUT2D eigenvalue weighted by atomic mass is 10.1. The van der Waals surface area contributed by atoms with Crippen LogP contribution in [0.1, 0.15) is 39.0 Å². The average Bonchev–Trinajstić information content (AvgIpc) is 2.16. The number of aliphatic hydroxyl groups excluding tert-OH is 1. The fourth-order valence-electron chi connectivity index (χ4n) is 1.61. The van der Waals surface area contributed by atoms with Gasteiger partial charge in [0.25, 0.3) is 0 Å². The van der Waals surface area contributed by atoms with Crippen LogP contribution >= 0.6 is 0 Å². The zero-order chi connectivity index (χ0) is 9.68. The lowest BCUT2D eigenvalue weighted by Crippen LogP contribution is -2.37. The van der Waals surface area contributed by atoms with E-state index in [0.717, 1.165) is 38.8 Å². The first kappa shape index (κ1) is 10.5. The van der Waals surface area contributed by atoms with E-state index in [1.165, 1.54) is 0 Å². The summed E-state index contributed by atoms with van der Waals surface area (Å²) in [6, 6.07) is 0. The van der Waals surface area contributed by atoms with Crippen LogP contribution in [-0.2, 0) is 4.79 Å². The minimum atomic E-state index is -0.241. The SMILES string of the molecule is CCC(O)CCN1CCCCC1=O. The van der Waals surface area contributed by atoms with E-state index >= 15 is 0 Å². The molecule has 1 fully saturated rings. The molecule has 1 aliphatic rings. The van der Waals surface area contributed by atoms with Gasteiger partial charge in [-0.15, -0.1) is 0 Å². The molecule has 3 heteroatoms. The van der Waals surface area contributed by atoms with Crippen LogP contribution < -0.4 is 0 Å². The highest BCUT2D eigenvalue weighted by atomic mass is 16.3. The summed E-state index contributed by atoms with van der Waals surface area (Å²) in [7, 11) is 0. The molecule has 0 aliphatic carbocycles. The molecule has 0 saturated carbocycles. The van der Waals surface area contributed by atoms with E-state index in [1.54, 1.807) is 0 Å². The van der Waals surface area contributed by atoms with Gasteiger partial charge in [0.1, 0.15) is 0 Å². The summed E-state index contributed by atoms with van der Waals surface area (Å²) < 4.78 is 0. The summed E-state index contributed by atoms with van der Waals surface area (Å²) >= 11 is 0. The normalized spacial score (nSPS) is 20.5. The summed E-state index contributed by atoms with van der Waals surface area (Å²) in [4.78, 5) is 13.2. The lowest BCUT2D eigenvalue weighted by molar-refractivity contribution is -0.133. The number of aliphatic hydroxyl groups is 1. The lowest BCUT2D eigenvalue weighted by Gasteiger charge is -2.27. The highest BCUT2D eigenvalue weighted by Gasteiger charge is 2.17. The maximum Gasteiger partial charge on any atom is 0.222 e. The summed E-state index contributed by atoms with van der Waals surface area (Å²) in [6.45, 7) is 3.58. The number of carbonyl (C=O) groups excluding carboxylic acids is 1. The highest BCUT2D eigenvalue weighted by molar-refractivity contribution is 5.76. The van der Waals surface area contributed by atoms with Crippen molar-refractivity contribution in [2.45, 2.75) is 45.1 Å². The van der Waals surface area contributed by atoms with Crippen molar-refractivity contribution in [3.05, 3.63) is 0 Å². The monoisotopic (exact) mass is 185 g/mol. The van der Waals surface area contributed by atoms with Crippen molar-refractivity contribution in [2.24, 2.45) is 0 Å². The van der Waals surface area contributed by atoms with E-state index < -0.39 is 0 Å². The summed E-state index contributed by atoms with van der Waals surface area (Å²) in [5.74, 6) is 0.259. The van der Waals surface area contributed by atoms with E-state index in [9.17, 15) is 9.90 Å². The first-order chi connectivity index (χ1) is 6.24. The Labute approximate surface area is 79.7 Å². The number of likely N-dealkylation sites (tertiary alicyclic amines) is 1. The van der Waals surface area contributed by atoms with Crippen LogP contribution in [0.3, 0.4) is 0 Å². The number of nitrogens with zero attached hydrogens (tertiary/aromatic N) is 1. The smallest absolute Gasteiger partial charge is 0.222 e. The van der Waals surface area contributed by atoms with Crippen LogP contribution in [0.5, 0.6) is 0 Å². The maximum absolute atomic E-state index is 11.3. The van der Waals surface area contributed by atoms with E-state index in [0.29, 0.717) is 6.42 Å². The Hall–Kier alpha value is -0.570. The minimum Gasteiger partial charge on any atom is -0.393 e. The zero-order valence-electron chi connectivity index (χ0n) is 8.33. The molecule has 0 spiro atoms. The molecule has 0 aromatic heterocycles. The Morgan fingerprint density at radius 1 is 1.54 bits per heavy atom. The van der Waals surface area contributed by atoms with Gasteiger partial charge in [-0.25, -0.2) is 0 Å². The maximum atomic E-state index is 11.3. The average molecular weight is 185 g/mol. The van der Waals surface area contributed by atoms with Gasteiger partial charge in [0, 0.05) is 19.5 Å². The van der Waals surface area contributed by atoms with Gasteiger partial charge in [-0.1, -0.05) is 6.92 Å². The third-order valence-electron chi connectivity index (χ3n) is 2.62. The van der Waals surface area contributed by atoms with Crippen LogP contribution in [0, 0.1) is 0 Å². The topological polar surface area (TPSA) is 40.5 Å². The van der Waals surface area contributed by atoms with Crippen LogP contribution in [0.25, 0.3) is 0 Å². The largest absolute Gasteiger partial charge is 0.393 e. The first-order valence-electron chi connectivity index (χ1n) is 5.20. The second-order valence-corrected chi connectivity index (χ2v) is 3.69. The molecule has 13 heavy (non-hydrogen) atoms. The van der Waals surface area contributed by atoms with Gasteiger partial charge in [-0.3, -0.25) is 4.79 Å². The third kappa shape index (κ3) is 3.35. The van der Waals surface area contributed by atoms with Crippen molar-refractivity contribution in [1.29, 1.82) is 0 Å². The molecule has 1 N–H and O–H groups in total. The molecule has 1 rings (SSSR count). The molecule has 1 atom stereocenters. The Morgan fingerprint density at radius 3 is 2.92 bits per heavy atom. The molecule has 0 aromatic carbocycles. The number of amides is 1. The summed E-state index contributed by atoms with van der Waals surface area (Å²) in [5.41, 5.74) is 0. The Bertz CT molecular complexity index is 170. The molecule has 1 amide bonds. The molecule has 1 saturated heterocycles. The Balaban J connectivity index is 2.22. The molecule has 0 aromatic rings. The summed E-state index contributed by atoms with van der Waals surface area (Å²) in [6.07, 6.45) is 4.11. The third-order valence-corrected chi connectivity index (χ3v) is 2.62. The van der Waals surface area contributed by atoms with Gasteiger partial charge in [0.15, 0.2) is 0 Å². The molecule has 76 valence electrons. The van der Waals surface area contributed by atoms with E-state index in [4.69, 9.17) is 0 Å². The molecular weight excluding hydrogens is 166 g/mol. The second-order valence-electron chi connectivity index (χ2n) is 3.69. The molecule has 0 bridgehead atoms. The Morgan fingerprint density at radius 2 is 2.31 bits per heavy atom. The highest BCUT2D eigenvalue weighted by Crippen LogP contribution is 2.11. The fourth-order valence-corrected chi connectivity index (χ4v) is 1.61. The number of hydrogen-bond donors (Lipinski definition) is 1. The van der Waals surface area contributed by atoms with Crippen molar-refractivity contribution < 1.29 is 9.90 Å². The minimum absolute atomic E-state index is 0.241. The van der Waals surface area contributed by atoms with Crippen LogP contribution in [0.4, 0.5) is 0 Å². The standard InChI is InChI=1S/C10H19NO2/c1-2-9(12)6-8-11-7-4-3-5-10(11)13/h9,12H,2-8H2,1H3. The van der Waals surface area contributed by atoms with Crippen molar-refractivity contribution in [1.82, 2.24) is 4.90 Å².